The zero-order valence-electron chi connectivity index (χ0n) is 18.1. The second-order valence-electron chi connectivity index (χ2n) is 7.75. The number of carbonyl (C=O) groups excluding carboxylic acids is 1. The van der Waals surface area contributed by atoms with Crippen molar-refractivity contribution < 1.29 is 14.3 Å². The number of hydrogen-bond acceptors (Lipinski definition) is 4. The molecule has 0 atom stereocenters. The van der Waals surface area contributed by atoms with Crippen LogP contribution in [-0.2, 0) is 0 Å². The van der Waals surface area contributed by atoms with Gasteiger partial charge in [0.15, 0.2) is 0 Å². The summed E-state index contributed by atoms with van der Waals surface area (Å²) in [6, 6.07) is 18.5. The van der Waals surface area contributed by atoms with Crippen molar-refractivity contribution in [2.75, 3.05) is 5.32 Å². The van der Waals surface area contributed by atoms with E-state index in [0.717, 1.165) is 11.4 Å². The number of nitrogens with one attached hydrogen (secondary N) is 1. The second kappa shape index (κ2) is 9.44. The van der Waals surface area contributed by atoms with Crippen molar-refractivity contribution in [3.8, 4) is 17.2 Å². The summed E-state index contributed by atoms with van der Waals surface area (Å²) in [5.41, 5.74) is 2.90. The number of pyridine rings is 1. The van der Waals surface area contributed by atoms with E-state index in [1.54, 1.807) is 6.07 Å². The number of ether oxygens (including phenoxy) is 2. The molecule has 2 aromatic carbocycles. The van der Waals surface area contributed by atoms with Crippen LogP contribution in [0.3, 0.4) is 0 Å². The topological polar surface area (TPSA) is 60.5 Å². The van der Waals surface area contributed by atoms with E-state index in [9.17, 15) is 4.79 Å². The highest BCUT2D eigenvalue weighted by Crippen LogP contribution is 2.27. The molecule has 0 saturated carbocycles. The van der Waals surface area contributed by atoms with Crippen LogP contribution in [0.2, 0.25) is 0 Å². The molecule has 0 fully saturated rings. The number of amides is 1. The first-order chi connectivity index (χ1) is 14.3. The third-order valence-electron chi connectivity index (χ3n) is 4.45. The highest BCUT2D eigenvalue weighted by atomic mass is 16.5. The van der Waals surface area contributed by atoms with Gasteiger partial charge in [0.2, 0.25) is 0 Å². The quantitative estimate of drug-likeness (QED) is 0.499. The van der Waals surface area contributed by atoms with Crippen LogP contribution >= 0.6 is 0 Å². The monoisotopic (exact) mass is 404 g/mol. The van der Waals surface area contributed by atoms with Crippen LogP contribution in [0.15, 0.2) is 60.7 Å². The molecule has 1 amide bonds. The van der Waals surface area contributed by atoms with Crippen LogP contribution in [0, 0.1) is 6.92 Å². The van der Waals surface area contributed by atoms with E-state index in [-0.39, 0.29) is 12.0 Å². The summed E-state index contributed by atoms with van der Waals surface area (Å²) in [6.07, 6.45) is 0.0892. The smallest absolute Gasteiger partial charge is 0.257 e. The molecule has 5 heteroatoms. The van der Waals surface area contributed by atoms with Gasteiger partial charge in [0.05, 0.1) is 17.4 Å². The highest BCUT2D eigenvalue weighted by Gasteiger charge is 2.13. The number of benzene rings is 2. The Morgan fingerprint density at radius 3 is 2.23 bits per heavy atom. The van der Waals surface area contributed by atoms with E-state index in [1.807, 2.05) is 75.4 Å². The molecule has 3 rings (SSSR count). The maximum absolute atomic E-state index is 12.7. The first-order valence-electron chi connectivity index (χ1n) is 10.2. The predicted molar refractivity (Wildman–Crippen MR) is 120 cm³/mol. The molecule has 0 radical (unpaired) electrons. The summed E-state index contributed by atoms with van der Waals surface area (Å²) in [5, 5.41) is 2.93. The van der Waals surface area contributed by atoms with Gasteiger partial charge < -0.3 is 14.8 Å². The van der Waals surface area contributed by atoms with Gasteiger partial charge in [0, 0.05) is 23.5 Å². The van der Waals surface area contributed by atoms with Crippen LogP contribution in [0.5, 0.6) is 17.2 Å². The fourth-order valence-electron chi connectivity index (χ4n) is 3.00. The Bertz CT molecular complexity index is 1030. The molecule has 0 spiro atoms. The van der Waals surface area contributed by atoms with Gasteiger partial charge in [-0.05, 0) is 63.1 Å². The van der Waals surface area contributed by atoms with Crippen molar-refractivity contribution in [3.63, 3.8) is 0 Å². The van der Waals surface area contributed by atoms with Gasteiger partial charge in [0.1, 0.15) is 17.2 Å². The Kier molecular flexibility index (Phi) is 6.72. The van der Waals surface area contributed by atoms with E-state index < -0.39 is 0 Å². The molecule has 0 bridgehead atoms. The SMILES string of the molecule is Cc1nc(C(C)C)ccc1C(=O)Nc1cccc(Oc2cccc(OC(C)C)c2)c1. The van der Waals surface area contributed by atoms with Crippen molar-refractivity contribution >= 4 is 11.6 Å². The van der Waals surface area contributed by atoms with Gasteiger partial charge in [0.25, 0.3) is 5.91 Å². The molecule has 3 aromatic rings. The zero-order valence-corrected chi connectivity index (χ0v) is 18.1. The normalized spacial score (nSPS) is 10.9. The number of aryl methyl sites for hydroxylation is 1. The number of carbonyl (C=O) groups is 1. The lowest BCUT2D eigenvalue weighted by Gasteiger charge is -2.13. The summed E-state index contributed by atoms with van der Waals surface area (Å²) in [5.74, 6) is 2.17. The Morgan fingerprint density at radius 2 is 1.57 bits per heavy atom. The number of rotatable bonds is 7. The van der Waals surface area contributed by atoms with Gasteiger partial charge in [-0.3, -0.25) is 9.78 Å². The molecule has 0 aliphatic carbocycles. The van der Waals surface area contributed by atoms with Crippen LogP contribution in [0.4, 0.5) is 5.69 Å². The first-order valence-corrected chi connectivity index (χ1v) is 10.2. The Hall–Kier alpha value is -3.34. The fraction of sp³-hybridized carbons (Fsp3) is 0.280. The minimum atomic E-state index is -0.195. The van der Waals surface area contributed by atoms with E-state index in [4.69, 9.17) is 9.47 Å². The van der Waals surface area contributed by atoms with E-state index in [0.29, 0.717) is 34.4 Å². The number of nitrogens with zero attached hydrogens (tertiary/aromatic N) is 1. The Labute approximate surface area is 178 Å². The average molecular weight is 405 g/mol. The van der Waals surface area contributed by atoms with Crippen molar-refractivity contribution in [2.45, 2.75) is 46.6 Å². The summed E-state index contributed by atoms with van der Waals surface area (Å²) in [7, 11) is 0. The van der Waals surface area contributed by atoms with Gasteiger partial charge in [-0.2, -0.15) is 0 Å². The number of aromatic nitrogens is 1. The van der Waals surface area contributed by atoms with Gasteiger partial charge in [-0.25, -0.2) is 0 Å². The molecular formula is C25H28N2O3. The summed E-state index contributed by atoms with van der Waals surface area (Å²) in [4.78, 5) is 17.3. The Morgan fingerprint density at radius 1 is 0.900 bits per heavy atom. The Balaban J connectivity index is 1.72. The van der Waals surface area contributed by atoms with Gasteiger partial charge in [-0.15, -0.1) is 0 Å². The molecule has 0 aliphatic rings. The lowest BCUT2D eigenvalue weighted by atomic mass is 10.1. The van der Waals surface area contributed by atoms with E-state index in [2.05, 4.69) is 24.1 Å². The summed E-state index contributed by atoms with van der Waals surface area (Å²) in [6.45, 7) is 9.97. The average Bonchev–Trinajstić information content (AvgIpc) is 2.67. The van der Waals surface area contributed by atoms with Gasteiger partial charge >= 0.3 is 0 Å². The van der Waals surface area contributed by atoms with E-state index in [1.165, 1.54) is 0 Å². The maximum atomic E-state index is 12.7. The van der Waals surface area contributed by atoms with Crippen LogP contribution in [0.1, 0.15) is 55.4 Å². The predicted octanol–water partition coefficient (Wildman–Crippen LogP) is 6.35. The molecule has 1 aromatic heterocycles. The molecule has 5 nitrogen and oxygen atoms in total. The maximum Gasteiger partial charge on any atom is 0.257 e. The lowest BCUT2D eigenvalue weighted by molar-refractivity contribution is 0.102. The molecular weight excluding hydrogens is 376 g/mol. The molecule has 30 heavy (non-hydrogen) atoms. The van der Waals surface area contributed by atoms with Crippen molar-refractivity contribution in [2.24, 2.45) is 0 Å². The van der Waals surface area contributed by atoms with E-state index >= 15 is 0 Å². The molecule has 156 valence electrons. The molecule has 0 saturated heterocycles. The highest BCUT2D eigenvalue weighted by molar-refractivity contribution is 6.05. The summed E-state index contributed by atoms with van der Waals surface area (Å²) >= 11 is 0. The molecule has 0 unspecified atom stereocenters. The third kappa shape index (κ3) is 5.60. The standard InChI is InChI=1S/C25H28N2O3/c1-16(2)24-13-12-23(18(5)26-24)25(28)27-19-8-6-9-20(14-19)30-22-11-7-10-21(15-22)29-17(3)4/h6-17H,1-5H3,(H,27,28). The first kappa shape index (κ1) is 21.4. The van der Waals surface area contributed by atoms with Crippen molar-refractivity contribution in [3.05, 3.63) is 77.6 Å². The van der Waals surface area contributed by atoms with Crippen molar-refractivity contribution in [1.29, 1.82) is 0 Å². The minimum Gasteiger partial charge on any atom is -0.491 e. The third-order valence-corrected chi connectivity index (χ3v) is 4.45. The summed E-state index contributed by atoms with van der Waals surface area (Å²) < 4.78 is 11.7. The largest absolute Gasteiger partial charge is 0.491 e. The lowest BCUT2D eigenvalue weighted by Crippen LogP contribution is -2.14. The van der Waals surface area contributed by atoms with Crippen LogP contribution in [-0.4, -0.2) is 17.0 Å². The molecule has 1 heterocycles. The van der Waals surface area contributed by atoms with Crippen molar-refractivity contribution in [1.82, 2.24) is 4.98 Å². The minimum absolute atomic E-state index is 0.0892. The number of anilines is 1. The zero-order chi connectivity index (χ0) is 21.7. The van der Waals surface area contributed by atoms with Crippen LogP contribution < -0.4 is 14.8 Å². The van der Waals surface area contributed by atoms with Crippen LogP contribution in [0.25, 0.3) is 0 Å². The molecule has 0 aliphatic heterocycles. The second-order valence-corrected chi connectivity index (χ2v) is 7.75. The number of hydrogen-bond donors (Lipinski definition) is 1. The molecule has 1 N–H and O–H groups in total. The van der Waals surface area contributed by atoms with Gasteiger partial charge in [-0.1, -0.05) is 26.0 Å². The fourth-order valence-corrected chi connectivity index (χ4v) is 3.00.